The zero-order valence-electron chi connectivity index (χ0n) is 11.1. The van der Waals surface area contributed by atoms with E-state index in [4.69, 9.17) is 9.47 Å². The van der Waals surface area contributed by atoms with E-state index < -0.39 is 0 Å². The van der Waals surface area contributed by atoms with Crippen molar-refractivity contribution in [1.29, 1.82) is 0 Å². The Balaban J connectivity index is 0.000000336. The zero-order valence-corrected chi connectivity index (χ0v) is 11.1. The number of hydrogen-bond acceptors (Lipinski definition) is 2. The van der Waals surface area contributed by atoms with Crippen LogP contribution in [0.3, 0.4) is 0 Å². The highest BCUT2D eigenvalue weighted by Crippen LogP contribution is 2.33. The molecule has 1 fully saturated rings. The Morgan fingerprint density at radius 1 is 1.20 bits per heavy atom. The minimum Gasteiger partial charge on any atom is -0.385 e. The van der Waals surface area contributed by atoms with Crippen molar-refractivity contribution in [2.24, 2.45) is 11.8 Å². The topological polar surface area (TPSA) is 18.5 Å². The summed E-state index contributed by atoms with van der Waals surface area (Å²) in [4.78, 5) is 0. The van der Waals surface area contributed by atoms with Crippen molar-refractivity contribution >= 4 is 0 Å². The van der Waals surface area contributed by atoms with Crippen LogP contribution in [0.1, 0.15) is 46.5 Å². The molecule has 0 amide bonds. The molecule has 2 nitrogen and oxygen atoms in total. The van der Waals surface area contributed by atoms with Crippen molar-refractivity contribution in [3.05, 3.63) is 0 Å². The first kappa shape index (κ1) is 14.9. The van der Waals surface area contributed by atoms with Gasteiger partial charge in [0.15, 0.2) is 0 Å². The van der Waals surface area contributed by atoms with Crippen molar-refractivity contribution in [2.75, 3.05) is 20.8 Å². The van der Waals surface area contributed by atoms with E-state index in [-0.39, 0.29) is 0 Å². The van der Waals surface area contributed by atoms with Crippen LogP contribution in [0.2, 0.25) is 0 Å². The summed E-state index contributed by atoms with van der Waals surface area (Å²) in [5.41, 5.74) is 0. The highest BCUT2D eigenvalue weighted by Gasteiger charge is 2.28. The molecule has 0 radical (unpaired) electrons. The Labute approximate surface area is 95.3 Å². The van der Waals surface area contributed by atoms with Gasteiger partial charge in [-0.3, -0.25) is 0 Å². The van der Waals surface area contributed by atoms with Crippen LogP contribution in [0.5, 0.6) is 0 Å². The Kier molecular flexibility index (Phi) is 9.12. The van der Waals surface area contributed by atoms with Crippen LogP contribution >= 0.6 is 0 Å². The molecule has 15 heavy (non-hydrogen) atoms. The van der Waals surface area contributed by atoms with Gasteiger partial charge in [0.05, 0.1) is 6.10 Å². The van der Waals surface area contributed by atoms with Gasteiger partial charge in [0.2, 0.25) is 0 Å². The maximum Gasteiger partial charge on any atom is 0.0601 e. The first-order valence-corrected chi connectivity index (χ1v) is 6.19. The molecular weight excluding hydrogens is 188 g/mol. The molecule has 0 bridgehead atoms. The molecule has 92 valence electrons. The van der Waals surface area contributed by atoms with E-state index in [2.05, 4.69) is 20.8 Å². The van der Waals surface area contributed by atoms with Crippen molar-refractivity contribution < 1.29 is 9.47 Å². The van der Waals surface area contributed by atoms with E-state index in [9.17, 15) is 0 Å². The Morgan fingerprint density at radius 2 is 1.87 bits per heavy atom. The maximum atomic E-state index is 5.39. The largest absolute Gasteiger partial charge is 0.385 e. The van der Waals surface area contributed by atoms with Gasteiger partial charge in [0.25, 0.3) is 0 Å². The van der Waals surface area contributed by atoms with Crippen LogP contribution in [0.15, 0.2) is 0 Å². The Bertz CT molecular complexity index is 132. The van der Waals surface area contributed by atoms with Gasteiger partial charge in [-0.25, -0.2) is 0 Å². The van der Waals surface area contributed by atoms with Gasteiger partial charge in [-0.1, -0.05) is 27.2 Å². The van der Waals surface area contributed by atoms with Crippen molar-refractivity contribution in [3.8, 4) is 0 Å². The summed E-state index contributed by atoms with van der Waals surface area (Å²) < 4.78 is 10.1. The lowest BCUT2D eigenvalue weighted by atomic mass is 9.93. The lowest BCUT2D eigenvalue weighted by molar-refractivity contribution is 0.0541. The van der Waals surface area contributed by atoms with Crippen LogP contribution in [-0.2, 0) is 9.47 Å². The van der Waals surface area contributed by atoms with Crippen molar-refractivity contribution in [2.45, 2.75) is 52.6 Å². The SMILES string of the molecule is CCCOC.COC1CCCC1C(C)C. The highest BCUT2D eigenvalue weighted by atomic mass is 16.5. The van der Waals surface area contributed by atoms with Crippen LogP contribution in [0.4, 0.5) is 0 Å². The molecule has 0 heterocycles. The summed E-state index contributed by atoms with van der Waals surface area (Å²) in [6, 6.07) is 0. The van der Waals surface area contributed by atoms with Crippen LogP contribution in [0.25, 0.3) is 0 Å². The molecule has 1 aliphatic rings. The van der Waals surface area contributed by atoms with Gasteiger partial charge in [-0.05, 0) is 31.1 Å². The molecule has 2 heteroatoms. The molecular formula is C13H28O2. The summed E-state index contributed by atoms with van der Waals surface area (Å²) in [7, 11) is 3.55. The number of methoxy groups -OCH3 is 2. The normalized spacial score (nSPS) is 25.2. The van der Waals surface area contributed by atoms with Gasteiger partial charge in [0, 0.05) is 20.8 Å². The first-order valence-electron chi connectivity index (χ1n) is 6.19. The lowest BCUT2D eigenvalue weighted by Crippen LogP contribution is -2.20. The second kappa shape index (κ2) is 9.17. The third kappa shape index (κ3) is 6.16. The Hall–Kier alpha value is -0.0800. The molecule has 0 saturated heterocycles. The smallest absolute Gasteiger partial charge is 0.0601 e. The van der Waals surface area contributed by atoms with Gasteiger partial charge in [-0.15, -0.1) is 0 Å². The number of ether oxygens (including phenoxy) is 2. The highest BCUT2D eigenvalue weighted by molar-refractivity contribution is 4.79. The van der Waals surface area contributed by atoms with E-state index in [1.54, 1.807) is 7.11 Å². The zero-order chi connectivity index (χ0) is 11.7. The first-order chi connectivity index (χ1) is 7.17. The third-order valence-electron chi connectivity index (χ3n) is 3.07. The van der Waals surface area contributed by atoms with Crippen LogP contribution in [-0.4, -0.2) is 26.9 Å². The molecule has 1 rings (SSSR count). The van der Waals surface area contributed by atoms with E-state index in [1.807, 2.05) is 7.11 Å². The van der Waals surface area contributed by atoms with Crippen molar-refractivity contribution in [1.82, 2.24) is 0 Å². The summed E-state index contributed by atoms with van der Waals surface area (Å²) in [5.74, 6) is 1.62. The molecule has 0 aromatic carbocycles. The fourth-order valence-electron chi connectivity index (χ4n) is 2.21. The third-order valence-corrected chi connectivity index (χ3v) is 3.07. The average molecular weight is 216 g/mol. The summed E-state index contributed by atoms with van der Waals surface area (Å²) in [6.45, 7) is 7.56. The molecule has 2 atom stereocenters. The molecule has 0 spiro atoms. The molecule has 0 aromatic heterocycles. The van der Waals surface area contributed by atoms with Crippen molar-refractivity contribution in [3.63, 3.8) is 0 Å². The average Bonchev–Trinajstić information content (AvgIpc) is 2.67. The lowest BCUT2D eigenvalue weighted by Gasteiger charge is -2.21. The predicted octanol–water partition coefficient (Wildman–Crippen LogP) is 3.50. The summed E-state index contributed by atoms with van der Waals surface area (Å²) >= 11 is 0. The molecule has 0 aliphatic heterocycles. The van der Waals surface area contributed by atoms with Gasteiger partial charge in [0.1, 0.15) is 0 Å². The molecule has 0 aromatic rings. The van der Waals surface area contributed by atoms with Crippen LogP contribution < -0.4 is 0 Å². The van der Waals surface area contributed by atoms with E-state index in [0.29, 0.717) is 6.10 Å². The van der Waals surface area contributed by atoms with Gasteiger partial charge < -0.3 is 9.47 Å². The standard InChI is InChI=1S/C9H18O.C4H10O/c1-7(2)8-5-4-6-9(8)10-3;1-3-4-5-2/h7-9H,4-6H2,1-3H3;3-4H2,1-2H3. The monoisotopic (exact) mass is 216 g/mol. The number of rotatable bonds is 4. The summed E-state index contributed by atoms with van der Waals surface area (Å²) in [5, 5.41) is 0. The maximum absolute atomic E-state index is 5.39. The van der Waals surface area contributed by atoms with E-state index >= 15 is 0 Å². The molecule has 1 aliphatic carbocycles. The minimum absolute atomic E-state index is 0.556. The van der Waals surface area contributed by atoms with E-state index in [1.165, 1.54) is 19.3 Å². The molecule has 0 N–H and O–H groups in total. The minimum atomic E-state index is 0.556. The van der Waals surface area contributed by atoms with Crippen LogP contribution in [0, 0.1) is 11.8 Å². The van der Waals surface area contributed by atoms with Gasteiger partial charge in [-0.2, -0.15) is 0 Å². The summed E-state index contributed by atoms with van der Waals surface area (Å²) in [6.07, 6.45) is 5.69. The second-order valence-corrected chi connectivity index (χ2v) is 4.61. The number of hydrogen-bond donors (Lipinski definition) is 0. The quantitative estimate of drug-likeness (QED) is 0.716. The fraction of sp³-hybridized carbons (Fsp3) is 1.00. The predicted molar refractivity (Wildman–Crippen MR) is 65.1 cm³/mol. The van der Waals surface area contributed by atoms with Gasteiger partial charge >= 0.3 is 0 Å². The molecule has 2 unspecified atom stereocenters. The second-order valence-electron chi connectivity index (χ2n) is 4.61. The Morgan fingerprint density at radius 3 is 2.13 bits per heavy atom. The molecule has 1 saturated carbocycles. The fourth-order valence-corrected chi connectivity index (χ4v) is 2.21. The van der Waals surface area contributed by atoms with E-state index in [0.717, 1.165) is 24.9 Å².